The number of allylic oxidation sites excluding steroid dienone is 5. The van der Waals surface area contributed by atoms with Crippen molar-refractivity contribution >= 4 is 0 Å². The van der Waals surface area contributed by atoms with Crippen molar-refractivity contribution in [3.05, 3.63) is 36.5 Å². The Hall–Kier alpha value is -1.22. The lowest BCUT2D eigenvalue weighted by Gasteiger charge is -2.21. The van der Waals surface area contributed by atoms with Crippen molar-refractivity contribution in [2.45, 2.75) is 13.3 Å². The number of terminal acetylenes is 1. The molecular weight excluding hydrogens is 132 g/mol. The summed E-state index contributed by atoms with van der Waals surface area (Å²) in [6.45, 7) is 5.93. The van der Waals surface area contributed by atoms with Crippen molar-refractivity contribution in [1.29, 1.82) is 0 Å². The van der Waals surface area contributed by atoms with Gasteiger partial charge in [-0.3, -0.25) is 0 Å². The van der Waals surface area contributed by atoms with Crippen molar-refractivity contribution < 1.29 is 0 Å². The monoisotopic (exact) mass is 144 g/mol. The molecule has 0 aromatic rings. The Kier molecular flexibility index (Phi) is 2.01. The Morgan fingerprint density at radius 1 is 1.55 bits per heavy atom. The highest BCUT2D eigenvalue weighted by Crippen LogP contribution is 2.28. The van der Waals surface area contributed by atoms with E-state index in [1.54, 1.807) is 0 Å². The van der Waals surface area contributed by atoms with Crippen molar-refractivity contribution in [3.63, 3.8) is 0 Å². The molecule has 0 N–H and O–H groups in total. The summed E-state index contributed by atoms with van der Waals surface area (Å²) in [5.74, 6) is 2.66. The number of hydrogen-bond donors (Lipinski definition) is 0. The van der Waals surface area contributed by atoms with E-state index in [2.05, 4.69) is 31.6 Å². The molecule has 1 aliphatic rings. The summed E-state index contributed by atoms with van der Waals surface area (Å²) in [6, 6.07) is 0. The quantitative estimate of drug-likeness (QED) is 0.496. The second kappa shape index (κ2) is 2.80. The van der Waals surface area contributed by atoms with Crippen LogP contribution in [0.4, 0.5) is 0 Å². The predicted octanol–water partition coefficient (Wildman–Crippen LogP) is 2.70. The van der Waals surface area contributed by atoms with Gasteiger partial charge in [0.25, 0.3) is 0 Å². The molecule has 56 valence electrons. The van der Waals surface area contributed by atoms with Gasteiger partial charge in [0.15, 0.2) is 0 Å². The van der Waals surface area contributed by atoms with E-state index in [1.165, 1.54) is 0 Å². The maximum atomic E-state index is 5.24. The first-order valence-electron chi connectivity index (χ1n) is 3.67. The normalized spacial score (nSPS) is 19.8. The fourth-order valence-corrected chi connectivity index (χ4v) is 1.04. The molecular formula is C11H12. The van der Waals surface area contributed by atoms with Crippen molar-refractivity contribution in [2.24, 2.45) is 5.41 Å². The third kappa shape index (κ3) is 1.85. The van der Waals surface area contributed by atoms with Crippen molar-refractivity contribution in [3.8, 4) is 12.3 Å². The minimum absolute atomic E-state index is 0.0515. The van der Waals surface area contributed by atoms with Crippen LogP contribution >= 0.6 is 0 Å². The van der Waals surface area contributed by atoms with Gasteiger partial charge in [0.2, 0.25) is 0 Å². The van der Waals surface area contributed by atoms with Gasteiger partial charge in [0.1, 0.15) is 0 Å². The Labute approximate surface area is 68.3 Å². The van der Waals surface area contributed by atoms with Gasteiger partial charge in [0.05, 0.1) is 0 Å². The molecule has 11 heavy (non-hydrogen) atoms. The van der Waals surface area contributed by atoms with Gasteiger partial charge in [0, 0.05) is 11.8 Å². The zero-order valence-electron chi connectivity index (χ0n) is 6.80. The Bertz CT molecular complexity index is 242. The van der Waals surface area contributed by atoms with Crippen LogP contribution in [0.2, 0.25) is 0 Å². The summed E-state index contributed by atoms with van der Waals surface area (Å²) in [5, 5.41) is 0. The molecule has 1 aliphatic carbocycles. The zero-order chi connectivity index (χ0) is 8.32. The lowest BCUT2D eigenvalue weighted by Crippen LogP contribution is -2.10. The highest BCUT2D eigenvalue weighted by molar-refractivity contribution is 5.36. The maximum Gasteiger partial charge on any atom is 0.0210 e. The van der Waals surface area contributed by atoms with Gasteiger partial charge >= 0.3 is 0 Å². The Morgan fingerprint density at radius 3 is 2.55 bits per heavy atom. The third-order valence-electron chi connectivity index (χ3n) is 1.84. The molecule has 0 nitrogen and oxygen atoms in total. The van der Waals surface area contributed by atoms with Crippen LogP contribution < -0.4 is 0 Å². The van der Waals surface area contributed by atoms with Gasteiger partial charge in [-0.25, -0.2) is 0 Å². The number of rotatable bonds is 1. The van der Waals surface area contributed by atoms with Crippen LogP contribution in [0.25, 0.3) is 0 Å². The molecule has 0 fully saturated rings. The second-order valence-corrected chi connectivity index (χ2v) is 3.13. The summed E-state index contributed by atoms with van der Waals surface area (Å²) >= 11 is 0. The zero-order valence-corrected chi connectivity index (χ0v) is 6.80. The van der Waals surface area contributed by atoms with E-state index in [-0.39, 0.29) is 5.41 Å². The first-order valence-corrected chi connectivity index (χ1v) is 3.67. The molecule has 0 unspecified atom stereocenters. The summed E-state index contributed by atoms with van der Waals surface area (Å²) in [6.07, 6.45) is 14.2. The highest BCUT2D eigenvalue weighted by atomic mass is 14.2. The number of hydrogen-bond acceptors (Lipinski definition) is 0. The lowest BCUT2D eigenvalue weighted by atomic mass is 9.83. The standard InChI is InChI=1S/C11H12/c1-4-7-11(3)8-5-10(2)6-9-11/h1,5-6,8-9H,2,7H2,3H3. The van der Waals surface area contributed by atoms with Gasteiger partial charge in [-0.05, 0) is 5.57 Å². The second-order valence-electron chi connectivity index (χ2n) is 3.13. The highest BCUT2D eigenvalue weighted by Gasteiger charge is 2.17. The summed E-state index contributed by atoms with van der Waals surface area (Å²) in [7, 11) is 0. The Morgan fingerprint density at radius 2 is 2.09 bits per heavy atom. The fraction of sp³-hybridized carbons (Fsp3) is 0.273. The molecule has 0 saturated heterocycles. The van der Waals surface area contributed by atoms with E-state index in [0.29, 0.717) is 0 Å². The van der Waals surface area contributed by atoms with E-state index < -0.39 is 0 Å². The minimum atomic E-state index is 0.0515. The fourth-order valence-electron chi connectivity index (χ4n) is 1.04. The van der Waals surface area contributed by atoms with Crippen LogP contribution in [0.15, 0.2) is 36.5 Å². The first kappa shape index (κ1) is 7.88. The van der Waals surface area contributed by atoms with Crippen LogP contribution in [0, 0.1) is 17.8 Å². The predicted molar refractivity (Wildman–Crippen MR) is 49.0 cm³/mol. The van der Waals surface area contributed by atoms with Gasteiger partial charge in [-0.2, -0.15) is 0 Å². The van der Waals surface area contributed by atoms with Crippen LogP contribution in [0.3, 0.4) is 0 Å². The van der Waals surface area contributed by atoms with E-state index in [0.717, 1.165) is 12.0 Å². The largest absolute Gasteiger partial charge is 0.120 e. The lowest BCUT2D eigenvalue weighted by molar-refractivity contribution is 0.568. The molecule has 0 aromatic heterocycles. The molecule has 0 spiro atoms. The summed E-state index contributed by atoms with van der Waals surface area (Å²) < 4.78 is 0. The summed E-state index contributed by atoms with van der Waals surface area (Å²) in [4.78, 5) is 0. The molecule has 0 bridgehead atoms. The molecule has 0 aliphatic heterocycles. The maximum absolute atomic E-state index is 5.24. The third-order valence-corrected chi connectivity index (χ3v) is 1.84. The summed E-state index contributed by atoms with van der Waals surface area (Å²) in [5.41, 5.74) is 1.09. The molecule has 0 heterocycles. The van der Waals surface area contributed by atoms with E-state index in [9.17, 15) is 0 Å². The molecule has 0 saturated carbocycles. The van der Waals surface area contributed by atoms with E-state index >= 15 is 0 Å². The van der Waals surface area contributed by atoms with Crippen LogP contribution in [-0.4, -0.2) is 0 Å². The minimum Gasteiger partial charge on any atom is -0.120 e. The first-order chi connectivity index (χ1) is 5.16. The van der Waals surface area contributed by atoms with E-state index in [1.807, 2.05) is 12.2 Å². The molecule has 1 rings (SSSR count). The molecule has 0 heteroatoms. The average Bonchev–Trinajstić information content (AvgIpc) is 1.97. The molecule has 0 radical (unpaired) electrons. The molecule has 0 atom stereocenters. The van der Waals surface area contributed by atoms with Gasteiger partial charge in [-0.15, -0.1) is 12.3 Å². The van der Waals surface area contributed by atoms with E-state index in [4.69, 9.17) is 6.42 Å². The van der Waals surface area contributed by atoms with Gasteiger partial charge in [-0.1, -0.05) is 37.8 Å². The molecule has 0 amide bonds. The SMILES string of the molecule is C#CCC1(C)C=CC(=C)C=C1. The van der Waals surface area contributed by atoms with Gasteiger partial charge < -0.3 is 0 Å². The van der Waals surface area contributed by atoms with Crippen LogP contribution in [0.1, 0.15) is 13.3 Å². The topological polar surface area (TPSA) is 0 Å². The average molecular weight is 144 g/mol. The van der Waals surface area contributed by atoms with Crippen LogP contribution in [-0.2, 0) is 0 Å². The van der Waals surface area contributed by atoms with Crippen molar-refractivity contribution in [1.82, 2.24) is 0 Å². The Balaban J connectivity index is 2.78. The smallest absolute Gasteiger partial charge is 0.0210 e. The van der Waals surface area contributed by atoms with Crippen LogP contribution in [0.5, 0.6) is 0 Å². The molecule has 0 aromatic carbocycles. The van der Waals surface area contributed by atoms with Crippen molar-refractivity contribution in [2.75, 3.05) is 0 Å².